The Morgan fingerprint density at radius 1 is 1.00 bits per heavy atom. The molecule has 196 valence electrons. The summed E-state index contributed by atoms with van der Waals surface area (Å²) in [6.07, 6.45) is 7.72. The summed E-state index contributed by atoms with van der Waals surface area (Å²) in [6, 6.07) is 18.1. The van der Waals surface area contributed by atoms with Crippen LogP contribution in [0.25, 0.3) is 11.3 Å². The number of hydrogen-bond donors (Lipinski definition) is 1. The van der Waals surface area contributed by atoms with E-state index in [1.54, 1.807) is 0 Å². The Kier molecular flexibility index (Phi) is 7.97. The third kappa shape index (κ3) is 5.46. The molecule has 0 saturated heterocycles. The molecule has 5 rings (SSSR count). The van der Waals surface area contributed by atoms with Crippen LogP contribution in [0.3, 0.4) is 0 Å². The Bertz CT molecular complexity index is 1210. The minimum absolute atomic E-state index is 0.0520. The first-order valence-corrected chi connectivity index (χ1v) is 14.2. The van der Waals surface area contributed by atoms with Crippen LogP contribution in [-0.4, -0.2) is 34.2 Å². The number of ether oxygens (including phenoxy) is 1. The fraction of sp³-hybridized carbons (Fsp3) is 0.485. The molecule has 2 aliphatic rings. The molecule has 2 aromatic carbocycles. The van der Waals surface area contributed by atoms with Crippen LogP contribution in [-0.2, 0) is 25.8 Å². The second-order valence-corrected chi connectivity index (χ2v) is 11.0. The fourth-order valence-electron chi connectivity index (χ4n) is 6.42. The molecule has 0 amide bonds. The summed E-state index contributed by atoms with van der Waals surface area (Å²) in [5.41, 5.74) is 10.1. The lowest BCUT2D eigenvalue weighted by Crippen LogP contribution is -2.28. The van der Waals surface area contributed by atoms with Crippen molar-refractivity contribution in [2.75, 3.05) is 7.05 Å². The number of pyridine rings is 1. The number of aliphatic hydroxyl groups excluding tert-OH is 1. The van der Waals surface area contributed by atoms with Gasteiger partial charge >= 0.3 is 0 Å². The summed E-state index contributed by atoms with van der Waals surface area (Å²) >= 11 is 0. The molecule has 1 N–H and O–H groups in total. The van der Waals surface area contributed by atoms with Crippen molar-refractivity contribution in [3.63, 3.8) is 0 Å². The highest BCUT2D eigenvalue weighted by atomic mass is 16.5. The van der Waals surface area contributed by atoms with Gasteiger partial charge in [-0.2, -0.15) is 0 Å². The number of fused-ring (bicyclic) bond motifs is 1. The standard InChI is InChI=1S/C33H42N2O2/c1-5-23-12-9-13-24(6-2)33(23)30-20-32(37-27-18-17-26(36)19-27)29(22(3)34-30)21-35(4)31-16-10-14-25-11-7-8-15-28(25)31/h7-9,11-13,15,20,26-27,31,36H,5-6,10,14,16-19,21H2,1-4H3/t26?,27?,31-/m0/s1. The highest BCUT2D eigenvalue weighted by molar-refractivity contribution is 5.70. The molecule has 4 nitrogen and oxygen atoms in total. The summed E-state index contributed by atoms with van der Waals surface area (Å²) in [5, 5.41) is 10.2. The Balaban J connectivity index is 1.53. The van der Waals surface area contributed by atoms with Crippen LogP contribution in [0.2, 0.25) is 0 Å². The van der Waals surface area contributed by atoms with Crippen molar-refractivity contribution >= 4 is 0 Å². The largest absolute Gasteiger partial charge is 0.490 e. The van der Waals surface area contributed by atoms with E-state index in [1.165, 1.54) is 52.6 Å². The van der Waals surface area contributed by atoms with Crippen molar-refractivity contribution < 1.29 is 9.84 Å². The first-order chi connectivity index (χ1) is 18.0. The van der Waals surface area contributed by atoms with E-state index in [4.69, 9.17) is 9.72 Å². The average molecular weight is 499 g/mol. The van der Waals surface area contributed by atoms with Gasteiger partial charge in [0, 0.05) is 41.9 Å². The molecular weight excluding hydrogens is 456 g/mol. The first-order valence-electron chi connectivity index (χ1n) is 14.2. The summed E-state index contributed by atoms with van der Waals surface area (Å²) in [6.45, 7) is 7.36. The molecule has 3 atom stereocenters. The molecule has 0 bridgehead atoms. The molecule has 1 saturated carbocycles. The van der Waals surface area contributed by atoms with Gasteiger partial charge in [-0.25, -0.2) is 0 Å². The lowest BCUT2D eigenvalue weighted by molar-refractivity contribution is 0.147. The van der Waals surface area contributed by atoms with E-state index < -0.39 is 0 Å². The van der Waals surface area contributed by atoms with Crippen LogP contribution in [0.1, 0.15) is 85.5 Å². The van der Waals surface area contributed by atoms with E-state index in [1.807, 2.05) is 0 Å². The third-order valence-electron chi connectivity index (χ3n) is 8.47. The Morgan fingerprint density at radius 2 is 1.76 bits per heavy atom. The van der Waals surface area contributed by atoms with Gasteiger partial charge in [0.15, 0.2) is 0 Å². The minimum atomic E-state index is -0.259. The highest BCUT2D eigenvalue weighted by Gasteiger charge is 2.28. The maximum atomic E-state index is 10.2. The van der Waals surface area contributed by atoms with Gasteiger partial charge in [-0.3, -0.25) is 9.88 Å². The van der Waals surface area contributed by atoms with Crippen LogP contribution in [0, 0.1) is 6.92 Å². The maximum Gasteiger partial charge on any atom is 0.128 e. The summed E-state index contributed by atoms with van der Waals surface area (Å²) in [7, 11) is 2.24. The van der Waals surface area contributed by atoms with Crippen molar-refractivity contribution in [2.45, 2.75) is 96.9 Å². The van der Waals surface area contributed by atoms with Gasteiger partial charge in [0.25, 0.3) is 0 Å². The van der Waals surface area contributed by atoms with E-state index in [-0.39, 0.29) is 12.2 Å². The summed E-state index contributed by atoms with van der Waals surface area (Å²) < 4.78 is 6.70. The van der Waals surface area contributed by atoms with Gasteiger partial charge in [-0.1, -0.05) is 56.3 Å². The van der Waals surface area contributed by atoms with Crippen molar-refractivity contribution in [3.8, 4) is 17.0 Å². The van der Waals surface area contributed by atoms with Crippen LogP contribution in [0.4, 0.5) is 0 Å². The van der Waals surface area contributed by atoms with Gasteiger partial charge in [0.2, 0.25) is 0 Å². The molecule has 1 aromatic heterocycles. The maximum absolute atomic E-state index is 10.2. The van der Waals surface area contributed by atoms with Crippen LogP contribution >= 0.6 is 0 Å². The smallest absolute Gasteiger partial charge is 0.128 e. The Hall–Kier alpha value is -2.69. The number of aromatic nitrogens is 1. The van der Waals surface area contributed by atoms with Crippen molar-refractivity contribution in [1.29, 1.82) is 0 Å². The predicted molar refractivity (Wildman–Crippen MR) is 151 cm³/mol. The minimum Gasteiger partial charge on any atom is -0.490 e. The molecule has 0 aliphatic heterocycles. The number of aryl methyl sites for hydroxylation is 4. The van der Waals surface area contributed by atoms with Crippen molar-refractivity contribution in [1.82, 2.24) is 9.88 Å². The molecule has 4 heteroatoms. The normalized spacial score (nSPS) is 21.3. The fourth-order valence-corrected chi connectivity index (χ4v) is 6.42. The van der Waals surface area contributed by atoms with E-state index in [2.05, 4.69) is 81.2 Å². The predicted octanol–water partition coefficient (Wildman–Crippen LogP) is 6.98. The van der Waals surface area contributed by atoms with Gasteiger partial charge in [0.1, 0.15) is 11.9 Å². The molecule has 1 fully saturated rings. The highest BCUT2D eigenvalue weighted by Crippen LogP contribution is 2.38. The van der Waals surface area contributed by atoms with Gasteiger partial charge in [0.05, 0.1) is 11.8 Å². The molecule has 2 unspecified atom stereocenters. The first kappa shape index (κ1) is 25.9. The quantitative estimate of drug-likeness (QED) is 0.364. The SMILES string of the molecule is CCc1cccc(CC)c1-c1cc(OC2CCC(O)C2)c(CN(C)[C@H]2CCCc3ccccc32)c(C)n1. The summed E-state index contributed by atoms with van der Waals surface area (Å²) in [4.78, 5) is 7.68. The van der Waals surface area contributed by atoms with Crippen molar-refractivity contribution in [3.05, 3.63) is 82.0 Å². The van der Waals surface area contributed by atoms with Gasteiger partial charge in [-0.05, 0) is 81.2 Å². The molecule has 2 aliphatic carbocycles. The number of aliphatic hydroxyl groups is 1. The number of rotatable bonds is 8. The van der Waals surface area contributed by atoms with E-state index >= 15 is 0 Å². The second-order valence-electron chi connectivity index (χ2n) is 11.0. The topological polar surface area (TPSA) is 45.6 Å². The lowest BCUT2D eigenvalue weighted by atomic mass is 9.87. The number of benzene rings is 2. The third-order valence-corrected chi connectivity index (χ3v) is 8.47. The van der Waals surface area contributed by atoms with Gasteiger partial charge < -0.3 is 9.84 Å². The van der Waals surface area contributed by atoms with Crippen LogP contribution < -0.4 is 4.74 Å². The summed E-state index contributed by atoms with van der Waals surface area (Å²) in [5.74, 6) is 0.936. The van der Waals surface area contributed by atoms with E-state index in [0.29, 0.717) is 12.5 Å². The van der Waals surface area contributed by atoms with E-state index in [0.717, 1.165) is 49.4 Å². The molecule has 37 heavy (non-hydrogen) atoms. The van der Waals surface area contributed by atoms with Crippen LogP contribution in [0.5, 0.6) is 5.75 Å². The molecule has 0 spiro atoms. The molecule has 3 aromatic rings. The van der Waals surface area contributed by atoms with Crippen LogP contribution in [0.15, 0.2) is 48.5 Å². The number of hydrogen-bond acceptors (Lipinski definition) is 4. The Labute approximate surface area is 222 Å². The molecule has 0 radical (unpaired) electrons. The zero-order valence-corrected chi connectivity index (χ0v) is 23.0. The Morgan fingerprint density at radius 3 is 2.46 bits per heavy atom. The van der Waals surface area contributed by atoms with Crippen molar-refractivity contribution in [2.24, 2.45) is 0 Å². The monoisotopic (exact) mass is 498 g/mol. The molecular formula is C33H42N2O2. The average Bonchev–Trinajstić information content (AvgIpc) is 3.33. The van der Waals surface area contributed by atoms with E-state index in [9.17, 15) is 5.11 Å². The lowest BCUT2D eigenvalue weighted by Gasteiger charge is -2.34. The molecule has 1 heterocycles. The number of nitrogens with zero attached hydrogens (tertiary/aromatic N) is 2. The second kappa shape index (κ2) is 11.4. The zero-order chi connectivity index (χ0) is 25.9. The zero-order valence-electron chi connectivity index (χ0n) is 23.0. The van der Waals surface area contributed by atoms with Gasteiger partial charge in [-0.15, -0.1) is 0 Å².